The monoisotopic (exact) mass is 318 g/mol. The second kappa shape index (κ2) is 7.15. The molecule has 2 aliphatic rings. The zero-order valence-corrected chi connectivity index (χ0v) is 13.8. The van der Waals surface area contributed by atoms with E-state index in [1.165, 1.54) is 19.3 Å². The molecule has 1 aromatic heterocycles. The number of carbonyl (C=O) groups is 2. The molecule has 2 aliphatic carbocycles. The molecule has 0 spiro atoms. The van der Waals surface area contributed by atoms with E-state index in [2.05, 4.69) is 15.7 Å². The molecule has 6 heteroatoms. The molecule has 23 heavy (non-hydrogen) atoms. The van der Waals surface area contributed by atoms with Crippen LogP contribution in [0.15, 0.2) is 6.07 Å². The lowest BCUT2D eigenvalue weighted by Gasteiger charge is -2.22. The minimum Gasteiger partial charge on any atom is -0.348 e. The van der Waals surface area contributed by atoms with Gasteiger partial charge in [-0.3, -0.25) is 14.3 Å². The fourth-order valence-corrected chi connectivity index (χ4v) is 3.62. The molecule has 2 amide bonds. The van der Waals surface area contributed by atoms with Crippen molar-refractivity contribution in [1.29, 1.82) is 0 Å². The Labute approximate surface area is 137 Å². The molecule has 0 saturated heterocycles. The Kier molecular flexibility index (Phi) is 4.98. The summed E-state index contributed by atoms with van der Waals surface area (Å²) in [5, 5.41) is 10.2. The van der Waals surface area contributed by atoms with E-state index >= 15 is 0 Å². The molecule has 0 aliphatic heterocycles. The zero-order chi connectivity index (χ0) is 16.2. The smallest absolute Gasteiger partial charge is 0.272 e. The molecule has 0 atom stereocenters. The number of nitrogens with zero attached hydrogens (tertiary/aromatic N) is 2. The first-order valence-corrected chi connectivity index (χ1v) is 8.79. The maximum absolute atomic E-state index is 12.3. The van der Waals surface area contributed by atoms with Crippen LogP contribution in [0.4, 0.5) is 5.82 Å². The summed E-state index contributed by atoms with van der Waals surface area (Å²) in [5.41, 5.74) is 0.375. The number of nitrogens with one attached hydrogen (secondary N) is 2. The fourth-order valence-electron chi connectivity index (χ4n) is 3.62. The maximum Gasteiger partial charge on any atom is 0.272 e. The van der Waals surface area contributed by atoms with Gasteiger partial charge in [0.05, 0.1) is 0 Å². The third-order valence-electron chi connectivity index (χ3n) is 5.03. The van der Waals surface area contributed by atoms with Crippen LogP contribution in [0.25, 0.3) is 0 Å². The lowest BCUT2D eigenvalue weighted by molar-refractivity contribution is -0.119. The Balaban J connectivity index is 1.60. The quantitative estimate of drug-likeness (QED) is 0.896. The molecule has 3 rings (SSSR count). The minimum atomic E-state index is -0.145. The molecule has 2 fully saturated rings. The van der Waals surface area contributed by atoms with Gasteiger partial charge in [-0.2, -0.15) is 5.10 Å². The van der Waals surface area contributed by atoms with Crippen molar-refractivity contribution >= 4 is 17.6 Å². The van der Waals surface area contributed by atoms with Gasteiger partial charge >= 0.3 is 0 Å². The Hall–Kier alpha value is -1.85. The Bertz CT molecular complexity index is 569. The maximum atomic E-state index is 12.3. The first-order chi connectivity index (χ1) is 11.1. The number of carbonyl (C=O) groups excluding carboxylic acids is 2. The molecule has 2 N–H and O–H groups in total. The van der Waals surface area contributed by atoms with Crippen LogP contribution in [0.3, 0.4) is 0 Å². The Morgan fingerprint density at radius 3 is 2.43 bits per heavy atom. The van der Waals surface area contributed by atoms with Crippen molar-refractivity contribution in [2.45, 2.75) is 63.8 Å². The van der Waals surface area contributed by atoms with Gasteiger partial charge in [-0.05, 0) is 25.7 Å². The number of hydrogen-bond acceptors (Lipinski definition) is 3. The van der Waals surface area contributed by atoms with Gasteiger partial charge in [0.2, 0.25) is 5.91 Å². The molecule has 126 valence electrons. The van der Waals surface area contributed by atoms with E-state index in [0.29, 0.717) is 11.5 Å². The summed E-state index contributed by atoms with van der Waals surface area (Å²) in [5.74, 6) is 0.596. The molecular formula is C17H26N4O2. The number of aryl methyl sites for hydroxylation is 1. The summed E-state index contributed by atoms with van der Waals surface area (Å²) in [4.78, 5) is 24.5. The second-order valence-corrected chi connectivity index (χ2v) is 6.82. The van der Waals surface area contributed by atoms with Crippen LogP contribution in [0.1, 0.15) is 68.3 Å². The summed E-state index contributed by atoms with van der Waals surface area (Å²) in [6.07, 6.45) is 9.86. The lowest BCUT2D eigenvalue weighted by Crippen LogP contribution is -2.36. The number of hydrogen-bond donors (Lipinski definition) is 2. The van der Waals surface area contributed by atoms with E-state index < -0.39 is 0 Å². The third-order valence-corrected chi connectivity index (χ3v) is 5.03. The molecule has 0 radical (unpaired) electrons. The standard InChI is InChI=1S/C17H26N4O2/c1-21-15(19-16(22)12-7-5-6-8-12)11-14(20-21)17(23)18-13-9-3-2-4-10-13/h11-13H,2-10H2,1H3,(H,18,23)(H,19,22). The second-order valence-electron chi connectivity index (χ2n) is 6.82. The van der Waals surface area contributed by atoms with E-state index in [-0.39, 0.29) is 23.8 Å². The van der Waals surface area contributed by atoms with Crippen molar-refractivity contribution < 1.29 is 9.59 Å². The fraction of sp³-hybridized carbons (Fsp3) is 0.706. The van der Waals surface area contributed by atoms with Gasteiger partial charge in [-0.25, -0.2) is 0 Å². The van der Waals surface area contributed by atoms with Gasteiger partial charge in [0.1, 0.15) is 5.82 Å². The first-order valence-electron chi connectivity index (χ1n) is 8.79. The molecule has 0 unspecified atom stereocenters. The van der Waals surface area contributed by atoms with Crippen molar-refractivity contribution in [2.24, 2.45) is 13.0 Å². The minimum absolute atomic E-state index is 0.0461. The highest BCUT2D eigenvalue weighted by atomic mass is 16.2. The number of anilines is 1. The average molecular weight is 318 g/mol. The zero-order valence-electron chi connectivity index (χ0n) is 13.8. The topological polar surface area (TPSA) is 76.0 Å². The molecular weight excluding hydrogens is 292 g/mol. The predicted octanol–water partition coefficient (Wildman–Crippen LogP) is 2.61. The van der Waals surface area contributed by atoms with Crippen LogP contribution >= 0.6 is 0 Å². The summed E-state index contributed by atoms with van der Waals surface area (Å²) in [7, 11) is 1.75. The highest BCUT2D eigenvalue weighted by Gasteiger charge is 2.24. The van der Waals surface area contributed by atoms with E-state index in [1.807, 2.05) is 0 Å². The predicted molar refractivity (Wildman–Crippen MR) is 88.1 cm³/mol. The molecule has 1 heterocycles. The van der Waals surface area contributed by atoms with Crippen molar-refractivity contribution in [3.63, 3.8) is 0 Å². The van der Waals surface area contributed by atoms with Gasteiger partial charge in [0, 0.05) is 25.1 Å². The Morgan fingerprint density at radius 2 is 1.74 bits per heavy atom. The van der Waals surface area contributed by atoms with Gasteiger partial charge < -0.3 is 10.6 Å². The van der Waals surface area contributed by atoms with Crippen LogP contribution in [0.5, 0.6) is 0 Å². The average Bonchev–Trinajstić information content (AvgIpc) is 3.19. The van der Waals surface area contributed by atoms with E-state index in [9.17, 15) is 9.59 Å². The molecule has 0 aromatic carbocycles. The van der Waals surface area contributed by atoms with Gasteiger partial charge in [-0.1, -0.05) is 32.1 Å². The Morgan fingerprint density at radius 1 is 1.09 bits per heavy atom. The van der Waals surface area contributed by atoms with E-state index in [1.54, 1.807) is 17.8 Å². The normalized spacial score (nSPS) is 19.7. The number of rotatable bonds is 4. The summed E-state index contributed by atoms with van der Waals surface area (Å²) < 4.78 is 1.57. The van der Waals surface area contributed by atoms with Crippen LogP contribution in [-0.4, -0.2) is 27.6 Å². The number of aromatic nitrogens is 2. The van der Waals surface area contributed by atoms with E-state index in [4.69, 9.17) is 0 Å². The van der Waals surface area contributed by atoms with Crippen molar-refractivity contribution in [1.82, 2.24) is 15.1 Å². The summed E-state index contributed by atoms with van der Waals surface area (Å²) in [6.45, 7) is 0. The van der Waals surface area contributed by atoms with Gasteiger partial charge in [-0.15, -0.1) is 0 Å². The number of amides is 2. The van der Waals surface area contributed by atoms with Crippen LogP contribution in [0.2, 0.25) is 0 Å². The van der Waals surface area contributed by atoms with Gasteiger partial charge in [0.25, 0.3) is 5.91 Å². The highest BCUT2D eigenvalue weighted by Crippen LogP contribution is 2.26. The van der Waals surface area contributed by atoms with Crippen molar-refractivity contribution in [3.05, 3.63) is 11.8 Å². The van der Waals surface area contributed by atoms with E-state index in [0.717, 1.165) is 38.5 Å². The SMILES string of the molecule is Cn1nc(C(=O)NC2CCCCC2)cc1NC(=O)C1CCCC1. The molecule has 2 saturated carbocycles. The van der Waals surface area contributed by atoms with Crippen molar-refractivity contribution in [3.8, 4) is 0 Å². The van der Waals surface area contributed by atoms with Crippen LogP contribution in [0, 0.1) is 5.92 Å². The first kappa shape index (κ1) is 16.0. The van der Waals surface area contributed by atoms with Crippen LogP contribution in [-0.2, 0) is 11.8 Å². The molecule has 0 bridgehead atoms. The third kappa shape index (κ3) is 3.92. The van der Waals surface area contributed by atoms with Crippen LogP contribution < -0.4 is 10.6 Å². The lowest BCUT2D eigenvalue weighted by atomic mass is 9.95. The highest BCUT2D eigenvalue weighted by molar-refractivity contribution is 5.96. The molecule has 6 nitrogen and oxygen atoms in total. The summed E-state index contributed by atoms with van der Waals surface area (Å²) >= 11 is 0. The summed E-state index contributed by atoms with van der Waals surface area (Å²) in [6, 6.07) is 1.93. The van der Waals surface area contributed by atoms with Gasteiger partial charge in [0.15, 0.2) is 5.69 Å². The molecule has 1 aromatic rings. The largest absolute Gasteiger partial charge is 0.348 e. The van der Waals surface area contributed by atoms with Crippen molar-refractivity contribution in [2.75, 3.05) is 5.32 Å².